The SMILES string of the molecule is Cc1noc2nc(-c3cccs3)cc(C(=O)N[C@@H]3CCCC[C@H]3C)c12. The first kappa shape index (κ1) is 16.3. The molecule has 1 N–H and O–H groups in total. The molecule has 0 bridgehead atoms. The van der Waals surface area contributed by atoms with Crippen LogP contribution >= 0.6 is 11.3 Å². The summed E-state index contributed by atoms with van der Waals surface area (Å²) in [6.07, 6.45) is 4.64. The summed E-state index contributed by atoms with van der Waals surface area (Å²) in [5.74, 6) is 0.450. The van der Waals surface area contributed by atoms with E-state index >= 15 is 0 Å². The molecule has 0 unspecified atom stereocenters. The Morgan fingerprint density at radius 3 is 2.96 bits per heavy atom. The number of amides is 1. The lowest BCUT2D eigenvalue weighted by Gasteiger charge is -2.29. The van der Waals surface area contributed by atoms with Crippen molar-refractivity contribution in [3.63, 3.8) is 0 Å². The molecule has 1 aliphatic carbocycles. The molecule has 0 spiro atoms. The maximum absolute atomic E-state index is 13.0. The van der Waals surface area contributed by atoms with Gasteiger partial charge in [0.25, 0.3) is 11.6 Å². The first-order valence-electron chi connectivity index (χ1n) is 8.75. The summed E-state index contributed by atoms with van der Waals surface area (Å²) in [7, 11) is 0. The van der Waals surface area contributed by atoms with Crippen LogP contribution in [0.15, 0.2) is 28.1 Å². The summed E-state index contributed by atoms with van der Waals surface area (Å²) in [5.41, 5.74) is 2.47. The van der Waals surface area contributed by atoms with Gasteiger partial charge in [0, 0.05) is 6.04 Å². The number of rotatable bonds is 3. The summed E-state index contributed by atoms with van der Waals surface area (Å²) < 4.78 is 5.35. The van der Waals surface area contributed by atoms with Crippen LogP contribution in [0.5, 0.6) is 0 Å². The number of fused-ring (bicyclic) bond motifs is 1. The maximum Gasteiger partial charge on any atom is 0.259 e. The molecule has 3 aromatic heterocycles. The van der Waals surface area contributed by atoms with E-state index in [0.717, 1.165) is 17.0 Å². The standard InChI is InChI=1S/C19H21N3O2S/c1-11-6-3-4-7-14(11)20-18(23)13-10-15(16-8-5-9-25-16)21-19-17(13)12(2)22-24-19/h5,8-11,14H,3-4,6-7H2,1-2H3,(H,20,23)/t11-,14-/m1/s1. The Morgan fingerprint density at radius 2 is 2.20 bits per heavy atom. The van der Waals surface area contributed by atoms with Crippen molar-refractivity contribution in [2.24, 2.45) is 5.92 Å². The van der Waals surface area contributed by atoms with E-state index in [1.807, 2.05) is 30.5 Å². The minimum Gasteiger partial charge on any atom is -0.349 e. The average molecular weight is 355 g/mol. The molecule has 130 valence electrons. The van der Waals surface area contributed by atoms with Crippen LogP contribution in [0.1, 0.15) is 48.7 Å². The lowest BCUT2D eigenvalue weighted by molar-refractivity contribution is 0.0912. The van der Waals surface area contributed by atoms with E-state index in [9.17, 15) is 4.79 Å². The molecule has 1 fully saturated rings. The van der Waals surface area contributed by atoms with Gasteiger partial charge >= 0.3 is 0 Å². The van der Waals surface area contributed by atoms with Crippen LogP contribution in [-0.4, -0.2) is 22.1 Å². The highest BCUT2D eigenvalue weighted by Gasteiger charge is 2.26. The monoisotopic (exact) mass is 355 g/mol. The topological polar surface area (TPSA) is 68.0 Å². The van der Waals surface area contributed by atoms with Crippen molar-refractivity contribution in [3.05, 3.63) is 34.8 Å². The Labute approximate surface area is 150 Å². The summed E-state index contributed by atoms with van der Waals surface area (Å²) >= 11 is 1.59. The Kier molecular flexibility index (Phi) is 4.29. The summed E-state index contributed by atoms with van der Waals surface area (Å²) in [5, 5.41) is 9.95. The molecule has 5 nitrogen and oxygen atoms in total. The van der Waals surface area contributed by atoms with E-state index in [0.29, 0.717) is 28.3 Å². The van der Waals surface area contributed by atoms with Gasteiger partial charge in [-0.1, -0.05) is 31.0 Å². The van der Waals surface area contributed by atoms with Crippen molar-refractivity contribution < 1.29 is 9.32 Å². The van der Waals surface area contributed by atoms with E-state index in [1.54, 1.807) is 11.3 Å². The van der Waals surface area contributed by atoms with Crippen molar-refractivity contribution in [1.29, 1.82) is 0 Å². The Bertz CT molecular complexity index is 901. The smallest absolute Gasteiger partial charge is 0.259 e. The highest BCUT2D eigenvalue weighted by Crippen LogP contribution is 2.30. The predicted molar refractivity (Wildman–Crippen MR) is 98.7 cm³/mol. The van der Waals surface area contributed by atoms with Gasteiger partial charge in [0.1, 0.15) is 0 Å². The largest absolute Gasteiger partial charge is 0.349 e. The number of aryl methyl sites for hydroxylation is 1. The molecule has 4 rings (SSSR count). The Morgan fingerprint density at radius 1 is 1.36 bits per heavy atom. The van der Waals surface area contributed by atoms with Crippen LogP contribution in [0, 0.1) is 12.8 Å². The second-order valence-electron chi connectivity index (χ2n) is 6.82. The van der Waals surface area contributed by atoms with Crippen molar-refractivity contribution in [1.82, 2.24) is 15.5 Å². The molecule has 2 atom stereocenters. The van der Waals surface area contributed by atoms with Gasteiger partial charge in [-0.25, -0.2) is 4.98 Å². The number of hydrogen-bond donors (Lipinski definition) is 1. The lowest BCUT2D eigenvalue weighted by atomic mass is 9.86. The number of carbonyl (C=O) groups is 1. The third kappa shape index (κ3) is 3.06. The maximum atomic E-state index is 13.0. The molecule has 0 aromatic carbocycles. The Hall–Kier alpha value is -2.21. The highest BCUT2D eigenvalue weighted by molar-refractivity contribution is 7.13. The lowest BCUT2D eigenvalue weighted by Crippen LogP contribution is -2.41. The van der Waals surface area contributed by atoms with Gasteiger partial charge in [0.05, 0.1) is 27.2 Å². The second-order valence-corrected chi connectivity index (χ2v) is 7.77. The predicted octanol–water partition coefficient (Wildman–Crippen LogP) is 4.57. The van der Waals surface area contributed by atoms with Gasteiger partial charge in [0.2, 0.25) is 0 Å². The van der Waals surface area contributed by atoms with Crippen LogP contribution < -0.4 is 5.32 Å². The molecule has 25 heavy (non-hydrogen) atoms. The molecule has 1 amide bonds. The van der Waals surface area contributed by atoms with Gasteiger partial charge in [-0.2, -0.15) is 0 Å². The molecule has 0 aliphatic heterocycles. The molecule has 3 heterocycles. The van der Waals surface area contributed by atoms with Crippen molar-refractivity contribution in [3.8, 4) is 10.6 Å². The summed E-state index contributed by atoms with van der Waals surface area (Å²) in [6.45, 7) is 4.06. The average Bonchev–Trinajstić information content (AvgIpc) is 3.26. The molecule has 3 aromatic rings. The fourth-order valence-corrected chi connectivity index (χ4v) is 4.29. The molecule has 1 aliphatic rings. The van der Waals surface area contributed by atoms with Gasteiger partial charge in [0.15, 0.2) is 0 Å². The van der Waals surface area contributed by atoms with E-state index < -0.39 is 0 Å². The third-order valence-corrected chi connectivity index (χ3v) is 5.96. The zero-order valence-corrected chi connectivity index (χ0v) is 15.2. The minimum atomic E-state index is -0.0599. The van der Waals surface area contributed by atoms with Crippen LogP contribution in [-0.2, 0) is 0 Å². The normalized spacial score (nSPS) is 20.7. The van der Waals surface area contributed by atoms with Gasteiger partial charge in [-0.05, 0) is 43.2 Å². The Balaban J connectivity index is 1.74. The second kappa shape index (κ2) is 6.59. The number of hydrogen-bond acceptors (Lipinski definition) is 5. The number of pyridine rings is 1. The number of carbonyl (C=O) groups excluding carboxylic acids is 1. The molecule has 0 saturated heterocycles. The highest BCUT2D eigenvalue weighted by atomic mass is 32.1. The number of nitrogens with zero attached hydrogens (tertiary/aromatic N) is 2. The fraction of sp³-hybridized carbons (Fsp3) is 0.421. The fourth-order valence-electron chi connectivity index (χ4n) is 3.60. The van der Waals surface area contributed by atoms with Crippen molar-refractivity contribution in [2.45, 2.75) is 45.6 Å². The zero-order valence-electron chi connectivity index (χ0n) is 14.4. The summed E-state index contributed by atoms with van der Waals surface area (Å²) in [4.78, 5) is 18.6. The van der Waals surface area contributed by atoms with Gasteiger partial charge < -0.3 is 9.84 Å². The van der Waals surface area contributed by atoms with Crippen LogP contribution in [0.4, 0.5) is 0 Å². The number of nitrogens with one attached hydrogen (secondary N) is 1. The molecule has 0 radical (unpaired) electrons. The van der Waals surface area contributed by atoms with E-state index in [1.165, 1.54) is 19.3 Å². The van der Waals surface area contributed by atoms with Crippen molar-refractivity contribution in [2.75, 3.05) is 0 Å². The van der Waals surface area contributed by atoms with Gasteiger partial charge in [-0.3, -0.25) is 4.79 Å². The number of aromatic nitrogens is 2. The van der Waals surface area contributed by atoms with Crippen LogP contribution in [0.25, 0.3) is 21.7 Å². The number of thiophene rings is 1. The van der Waals surface area contributed by atoms with Gasteiger partial charge in [-0.15, -0.1) is 11.3 Å². The quantitative estimate of drug-likeness (QED) is 0.747. The summed E-state index contributed by atoms with van der Waals surface area (Å²) in [6, 6.07) is 6.06. The molecular formula is C19H21N3O2S. The zero-order chi connectivity index (χ0) is 17.4. The first-order valence-corrected chi connectivity index (χ1v) is 9.63. The molecular weight excluding hydrogens is 334 g/mol. The van der Waals surface area contributed by atoms with Crippen LogP contribution in [0.2, 0.25) is 0 Å². The van der Waals surface area contributed by atoms with Crippen molar-refractivity contribution >= 4 is 28.3 Å². The van der Waals surface area contributed by atoms with E-state index in [4.69, 9.17) is 4.52 Å². The minimum absolute atomic E-state index is 0.0599. The first-order chi connectivity index (χ1) is 12.1. The van der Waals surface area contributed by atoms with E-state index in [-0.39, 0.29) is 11.9 Å². The third-order valence-electron chi connectivity index (χ3n) is 5.06. The molecule has 6 heteroatoms. The van der Waals surface area contributed by atoms with Crippen LogP contribution in [0.3, 0.4) is 0 Å². The molecule has 1 saturated carbocycles. The van der Waals surface area contributed by atoms with E-state index in [2.05, 4.69) is 22.4 Å².